The number of carbonyl (C=O) groups is 3. The summed E-state index contributed by atoms with van der Waals surface area (Å²) in [6.45, 7) is 3.98. The Balaban J connectivity index is 0.000000585. The van der Waals surface area contributed by atoms with Crippen LogP contribution in [0.4, 0.5) is 5.82 Å². The molecule has 5 rings (SSSR count). The number of methoxy groups -OCH3 is 1. The molecule has 5 N–H and O–H groups in total. The third-order valence-corrected chi connectivity index (χ3v) is 8.34. The third-order valence-electron chi connectivity index (χ3n) is 7.07. The number of nitrogens with one attached hydrogen (secondary N) is 2. The van der Waals surface area contributed by atoms with Gasteiger partial charge < -0.3 is 35.1 Å². The molecule has 4 aromatic rings. The molecule has 1 aliphatic rings. The molecule has 0 spiro atoms. The molecular formula is C29H33N3O8S. The zero-order valence-corrected chi connectivity index (χ0v) is 23.5. The van der Waals surface area contributed by atoms with E-state index >= 15 is 0 Å². The van der Waals surface area contributed by atoms with Crippen molar-refractivity contribution in [2.75, 3.05) is 32.1 Å². The molecule has 0 aliphatic carbocycles. The Kier molecular flexibility index (Phi) is 9.82. The molecule has 2 aromatic carbocycles. The fourth-order valence-corrected chi connectivity index (χ4v) is 6.31. The maximum absolute atomic E-state index is 10.7. The molecule has 1 fully saturated rings. The zero-order chi connectivity index (χ0) is 29.5. The smallest absolute Gasteiger partial charge is 0.414 e. The molecule has 12 heteroatoms. The number of fused-ring (bicyclic) bond motifs is 2. The summed E-state index contributed by atoms with van der Waals surface area (Å²) in [6, 6.07) is 16.4. The van der Waals surface area contributed by atoms with E-state index in [1.54, 1.807) is 7.11 Å². The number of hydrogen-bond acceptors (Lipinski definition) is 8. The molecule has 0 unspecified atom stereocenters. The average molecular weight is 584 g/mol. The highest BCUT2D eigenvalue weighted by Gasteiger charge is 2.29. The van der Waals surface area contributed by atoms with Gasteiger partial charge in [-0.2, -0.15) is 0 Å². The number of thiophene rings is 1. The van der Waals surface area contributed by atoms with Crippen molar-refractivity contribution in [1.29, 1.82) is 0 Å². The van der Waals surface area contributed by atoms with Crippen LogP contribution >= 0.6 is 11.3 Å². The first-order valence-corrected chi connectivity index (χ1v) is 13.9. The molecule has 0 bridgehead atoms. The molecule has 41 heavy (non-hydrogen) atoms. The highest BCUT2D eigenvalue weighted by atomic mass is 32.1. The summed E-state index contributed by atoms with van der Waals surface area (Å²) >= 11 is 1.87. The number of β-amino-alcohol motifs (C(OH)–C–C–N with tert-alkyl or cyclic N) is 1. The number of benzene rings is 2. The number of aromatic nitrogens is 1. The maximum atomic E-state index is 10.7. The van der Waals surface area contributed by atoms with Gasteiger partial charge in [-0.05, 0) is 68.6 Å². The fraction of sp³-hybridized carbons (Fsp3) is 0.345. The first-order chi connectivity index (χ1) is 19.7. The number of amides is 1. The van der Waals surface area contributed by atoms with E-state index in [2.05, 4.69) is 34.3 Å². The van der Waals surface area contributed by atoms with Crippen molar-refractivity contribution in [1.82, 2.24) is 9.88 Å². The lowest BCUT2D eigenvalue weighted by molar-refractivity contribution is -0.159. The van der Waals surface area contributed by atoms with Gasteiger partial charge in [0.15, 0.2) is 0 Å². The van der Waals surface area contributed by atoms with Crippen LogP contribution in [0.25, 0.3) is 21.0 Å². The van der Waals surface area contributed by atoms with Crippen molar-refractivity contribution in [2.45, 2.75) is 37.8 Å². The van der Waals surface area contributed by atoms with Crippen LogP contribution in [0.5, 0.6) is 11.5 Å². The lowest BCUT2D eigenvalue weighted by atomic mass is 9.90. The van der Waals surface area contributed by atoms with Gasteiger partial charge in [0.25, 0.3) is 0 Å². The van der Waals surface area contributed by atoms with Crippen molar-refractivity contribution in [2.24, 2.45) is 0 Å². The monoisotopic (exact) mass is 583 g/mol. The largest absolute Gasteiger partial charge is 0.496 e. The summed E-state index contributed by atoms with van der Waals surface area (Å²) in [6.07, 6.45) is 2.18. The van der Waals surface area contributed by atoms with Gasteiger partial charge in [0.1, 0.15) is 30.0 Å². The number of nitrogens with zero attached hydrogens (tertiary/aromatic N) is 1. The van der Waals surface area contributed by atoms with Gasteiger partial charge >= 0.3 is 11.9 Å². The van der Waals surface area contributed by atoms with Gasteiger partial charge in [0.2, 0.25) is 6.41 Å². The minimum absolute atomic E-state index is 0.212. The number of ether oxygens (including phenoxy) is 2. The normalized spacial score (nSPS) is 17.8. The molecule has 1 saturated heterocycles. The van der Waals surface area contributed by atoms with Gasteiger partial charge in [-0.1, -0.05) is 12.1 Å². The van der Waals surface area contributed by atoms with E-state index in [4.69, 9.17) is 29.3 Å². The Morgan fingerprint density at radius 3 is 2.56 bits per heavy atom. The number of carbonyl (C=O) groups excluding carboxylic acids is 1. The number of piperidine rings is 1. The summed E-state index contributed by atoms with van der Waals surface area (Å²) in [4.78, 5) is 35.8. The molecular weight excluding hydrogens is 550 g/mol. The van der Waals surface area contributed by atoms with E-state index in [1.165, 1.54) is 15.0 Å². The quantitative estimate of drug-likeness (QED) is 0.144. The Bertz CT molecular complexity index is 1500. The van der Waals surface area contributed by atoms with Crippen molar-refractivity contribution >= 4 is 56.5 Å². The molecule has 218 valence electrons. The molecule has 1 aliphatic heterocycles. The van der Waals surface area contributed by atoms with Crippen molar-refractivity contribution in [3.05, 3.63) is 53.4 Å². The van der Waals surface area contributed by atoms with Crippen LogP contribution in [0, 0.1) is 0 Å². The summed E-state index contributed by atoms with van der Waals surface area (Å²) in [5, 5.41) is 30.2. The molecule has 0 saturated carbocycles. The van der Waals surface area contributed by atoms with E-state index in [-0.39, 0.29) is 6.61 Å². The van der Waals surface area contributed by atoms with E-state index < -0.39 is 18.0 Å². The second-order valence-electron chi connectivity index (χ2n) is 9.82. The van der Waals surface area contributed by atoms with Crippen molar-refractivity contribution in [3.63, 3.8) is 0 Å². The standard InChI is InChI=1S/C27H31N3O4S.C2H2O4/c1-17-11-18(26-12-21-23(33-2)6-4-8-25(21)35-26)9-10-30(17)14-19(32)15-34-24-7-3-5-22-20(24)13-27(29-22)28-16-31;3-1(4)2(5)6/h3-8,12-13,16-19,29,32H,9-11,14-15H2,1-2H3,(H,28,31);(H,3,4)(H,5,6)/t17-,18-,19-;/m0./s1. The van der Waals surface area contributed by atoms with E-state index in [0.29, 0.717) is 36.5 Å². The second-order valence-corrected chi connectivity index (χ2v) is 10.9. The van der Waals surface area contributed by atoms with Crippen LogP contribution in [-0.2, 0) is 14.4 Å². The molecule has 3 atom stereocenters. The van der Waals surface area contributed by atoms with Gasteiger partial charge in [-0.25, -0.2) is 9.59 Å². The van der Waals surface area contributed by atoms with E-state index in [9.17, 15) is 9.90 Å². The molecule has 11 nitrogen and oxygen atoms in total. The number of aliphatic hydroxyl groups is 1. The summed E-state index contributed by atoms with van der Waals surface area (Å²) in [5.74, 6) is -0.892. The number of hydrogen-bond donors (Lipinski definition) is 5. The minimum atomic E-state index is -1.82. The van der Waals surface area contributed by atoms with Gasteiger partial charge in [0, 0.05) is 32.9 Å². The fourth-order valence-electron chi connectivity index (χ4n) is 5.09. The van der Waals surface area contributed by atoms with Crippen LogP contribution < -0.4 is 14.8 Å². The molecule has 3 heterocycles. The Morgan fingerprint density at radius 1 is 1.15 bits per heavy atom. The minimum Gasteiger partial charge on any atom is -0.496 e. The molecule has 2 aromatic heterocycles. The zero-order valence-electron chi connectivity index (χ0n) is 22.7. The number of H-pyrrole nitrogens is 1. The van der Waals surface area contributed by atoms with Crippen molar-refractivity contribution < 1.29 is 39.2 Å². The lowest BCUT2D eigenvalue weighted by Crippen LogP contribution is -2.45. The highest BCUT2D eigenvalue weighted by molar-refractivity contribution is 7.19. The second kappa shape index (κ2) is 13.5. The molecule has 0 radical (unpaired) electrons. The van der Waals surface area contributed by atoms with Crippen LogP contribution in [0.15, 0.2) is 48.5 Å². The number of anilines is 1. The number of rotatable bonds is 9. The average Bonchev–Trinajstić information content (AvgIpc) is 3.58. The van der Waals surface area contributed by atoms with Crippen molar-refractivity contribution in [3.8, 4) is 11.5 Å². The van der Waals surface area contributed by atoms with E-state index in [0.717, 1.165) is 36.0 Å². The lowest BCUT2D eigenvalue weighted by Gasteiger charge is -2.38. The maximum Gasteiger partial charge on any atom is 0.414 e. The number of carboxylic acids is 2. The first kappa shape index (κ1) is 29.8. The number of carboxylic acid groups (broad SMARTS) is 2. The number of aliphatic hydroxyl groups excluding tert-OH is 1. The third kappa shape index (κ3) is 7.34. The van der Waals surface area contributed by atoms with Crippen LogP contribution in [-0.4, -0.2) is 82.5 Å². The van der Waals surface area contributed by atoms with Crippen LogP contribution in [0.2, 0.25) is 0 Å². The highest BCUT2D eigenvalue weighted by Crippen LogP contribution is 2.40. The topological polar surface area (TPSA) is 161 Å². The number of aliphatic carboxylic acids is 2. The Labute approximate surface area is 240 Å². The van der Waals surface area contributed by atoms with Gasteiger partial charge in [0.05, 0.1) is 12.6 Å². The van der Waals surface area contributed by atoms with E-state index in [1.807, 2.05) is 47.7 Å². The van der Waals surface area contributed by atoms with Gasteiger partial charge in [-0.3, -0.25) is 9.69 Å². The Morgan fingerprint density at radius 2 is 1.88 bits per heavy atom. The summed E-state index contributed by atoms with van der Waals surface area (Å²) in [7, 11) is 1.72. The van der Waals surface area contributed by atoms with Crippen LogP contribution in [0.3, 0.4) is 0 Å². The summed E-state index contributed by atoms with van der Waals surface area (Å²) < 4.78 is 12.8. The Hall–Kier alpha value is -4.13. The first-order valence-electron chi connectivity index (χ1n) is 13.1. The SMILES string of the molecule is COc1cccc2sc([C@H]3CCN(C[C@H](O)COc4cccc5[nH]c(NC=O)cc45)[C@@H](C)C3)cc12.O=C(O)C(=O)O. The van der Waals surface area contributed by atoms with Crippen LogP contribution in [0.1, 0.15) is 30.6 Å². The predicted molar refractivity (Wildman–Crippen MR) is 156 cm³/mol. The summed E-state index contributed by atoms with van der Waals surface area (Å²) in [5.41, 5.74) is 0.871. The number of aromatic amines is 1. The van der Waals surface area contributed by atoms with Gasteiger partial charge in [-0.15, -0.1) is 11.3 Å². The number of likely N-dealkylation sites (tertiary alicyclic amines) is 1. The predicted octanol–water partition coefficient (Wildman–Crippen LogP) is 4.12. The molecule has 1 amide bonds.